The predicted molar refractivity (Wildman–Crippen MR) is 61.4 cm³/mol. The van der Waals surface area contributed by atoms with Crippen LogP contribution in [-0.2, 0) is 5.41 Å². The molecular weight excluding hydrogens is 196 g/mol. The lowest BCUT2D eigenvalue weighted by Crippen LogP contribution is -2.07. The fourth-order valence-corrected chi connectivity index (χ4v) is 2.18. The fourth-order valence-electron chi connectivity index (χ4n) is 1.10. The third-order valence-electron chi connectivity index (χ3n) is 1.98. The number of thiophene rings is 1. The summed E-state index contributed by atoms with van der Waals surface area (Å²) >= 11 is 1.58. The molecule has 0 saturated carbocycles. The van der Waals surface area contributed by atoms with Crippen LogP contribution in [0.4, 0.5) is 5.69 Å². The van der Waals surface area contributed by atoms with Crippen molar-refractivity contribution in [1.29, 1.82) is 0 Å². The standard InChI is InChI=1S/C10H16N2OS/c1-6(12-13)9-7(11)5-8(14-9)10(2,3)4/h5,13H,11H2,1-4H3/b12-6+. The van der Waals surface area contributed by atoms with Crippen molar-refractivity contribution in [3.8, 4) is 0 Å². The van der Waals surface area contributed by atoms with E-state index in [1.54, 1.807) is 18.3 Å². The van der Waals surface area contributed by atoms with Gasteiger partial charge in [0.1, 0.15) is 0 Å². The van der Waals surface area contributed by atoms with E-state index >= 15 is 0 Å². The van der Waals surface area contributed by atoms with Gasteiger partial charge in [0.25, 0.3) is 0 Å². The molecule has 0 spiro atoms. The average molecular weight is 212 g/mol. The lowest BCUT2D eigenvalue weighted by atomic mass is 9.94. The lowest BCUT2D eigenvalue weighted by molar-refractivity contribution is 0.319. The Morgan fingerprint density at radius 1 is 1.50 bits per heavy atom. The Morgan fingerprint density at radius 3 is 2.43 bits per heavy atom. The Morgan fingerprint density at radius 2 is 2.07 bits per heavy atom. The highest BCUT2D eigenvalue weighted by Crippen LogP contribution is 2.34. The van der Waals surface area contributed by atoms with Gasteiger partial charge in [-0.05, 0) is 18.4 Å². The summed E-state index contributed by atoms with van der Waals surface area (Å²) in [5.41, 5.74) is 7.19. The lowest BCUT2D eigenvalue weighted by Gasteiger charge is -2.15. The highest BCUT2D eigenvalue weighted by atomic mass is 32.1. The summed E-state index contributed by atoms with van der Waals surface area (Å²) in [6.07, 6.45) is 0. The number of hydrogen-bond acceptors (Lipinski definition) is 4. The number of nitrogen functional groups attached to an aromatic ring is 1. The van der Waals surface area contributed by atoms with Gasteiger partial charge in [-0.25, -0.2) is 0 Å². The van der Waals surface area contributed by atoms with E-state index in [1.165, 1.54) is 4.88 Å². The molecule has 1 rings (SSSR count). The number of rotatable bonds is 1. The third-order valence-corrected chi connectivity index (χ3v) is 3.66. The molecule has 0 radical (unpaired) electrons. The van der Waals surface area contributed by atoms with Crippen LogP contribution in [0.5, 0.6) is 0 Å². The highest BCUT2D eigenvalue weighted by molar-refractivity contribution is 7.14. The van der Waals surface area contributed by atoms with Crippen LogP contribution in [0.1, 0.15) is 37.4 Å². The molecule has 0 unspecified atom stereocenters. The molecule has 0 aliphatic rings. The zero-order valence-corrected chi connectivity index (χ0v) is 9.77. The van der Waals surface area contributed by atoms with Crippen LogP contribution in [0.2, 0.25) is 0 Å². The average Bonchev–Trinajstić information content (AvgIpc) is 2.45. The van der Waals surface area contributed by atoms with Crippen molar-refractivity contribution in [2.45, 2.75) is 33.1 Å². The Hall–Kier alpha value is -1.03. The molecule has 0 aliphatic heterocycles. The fraction of sp³-hybridized carbons (Fsp3) is 0.500. The van der Waals surface area contributed by atoms with Crippen LogP contribution < -0.4 is 5.73 Å². The van der Waals surface area contributed by atoms with E-state index in [2.05, 4.69) is 25.9 Å². The van der Waals surface area contributed by atoms with Gasteiger partial charge in [-0.1, -0.05) is 25.9 Å². The first kappa shape index (κ1) is 11.0. The van der Waals surface area contributed by atoms with Crippen LogP contribution in [0.3, 0.4) is 0 Å². The molecule has 0 amide bonds. The molecule has 3 N–H and O–H groups in total. The highest BCUT2D eigenvalue weighted by Gasteiger charge is 2.19. The van der Waals surface area contributed by atoms with Crippen molar-refractivity contribution in [3.63, 3.8) is 0 Å². The molecule has 0 aliphatic carbocycles. The van der Waals surface area contributed by atoms with Crippen molar-refractivity contribution >= 4 is 22.7 Å². The second-order valence-electron chi connectivity index (χ2n) is 4.33. The number of nitrogens with zero attached hydrogens (tertiary/aromatic N) is 1. The van der Waals surface area contributed by atoms with E-state index in [1.807, 2.05) is 6.07 Å². The molecule has 78 valence electrons. The van der Waals surface area contributed by atoms with E-state index in [-0.39, 0.29) is 5.41 Å². The zero-order chi connectivity index (χ0) is 10.9. The minimum atomic E-state index is 0.0901. The van der Waals surface area contributed by atoms with Gasteiger partial charge in [0.2, 0.25) is 0 Å². The summed E-state index contributed by atoms with van der Waals surface area (Å²) in [5.74, 6) is 0. The van der Waals surface area contributed by atoms with E-state index in [4.69, 9.17) is 10.9 Å². The number of anilines is 1. The van der Waals surface area contributed by atoms with Crippen molar-refractivity contribution in [2.24, 2.45) is 5.16 Å². The van der Waals surface area contributed by atoms with E-state index < -0.39 is 0 Å². The first-order valence-electron chi connectivity index (χ1n) is 4.45. The number of oxime groups is 1. The molecule has 0 fully saturated rings. The van der Waals surface area contributed by atoms with Gasteiger partial charge >= 0.3 is 0 Å². The summed E-state index contributed by atoms with van der Waals surface area (Å²) in [6.45, 7) is 8.14. The monoisotopic (exact) mass is 212 g/mol. The molecule has 1 heterocycles. The van der Waals surface area contributed by atoms with Crippen LogP contribution in [0.25, 0.3) is 0 Å². The largest absolute Gasteiger partial charge is 0.411 e. The van der Waals surface area contributed by atoms with Crippen LogP contribution in [0.15, 0.2) is 11.2 Å². The van der Waals surface area contributed by atoms with Crippen molar-refractivity contribution in [1.82, 2.24) is 0 Å². The van der Waals surface area contributed by atoms with Crippen molar-refractivity contribution in [2.75, 3.05) is 5.73 Å². The van der Waals surface area contributed by atoms with Gasteiger partial charge in [-0.3, -0.25) is 0 Å². The Labute approximate surface area is 88.2 Å². The predicted octanol–water partition coefficient (Wildman–Crippen LogP) is 2.83. The second-order valence-corrected chi connectivity index (χ2v) is 5.38. The van der Waals surface area contributed by atoms with E-state index in [0.29, 0.717) is 11.4 Å². The number of nitrogens with two attached hydrogens (primary N) is 1. The third kappa shape index (κ3) is 2.07. The Kier molecular flexibility index (Phi) is 2.85. The van der Waals surface area contributed by atoms with Gasteiger partial charge in [0.15, 0.2) is 0 Å². The quantitative estimate of drug-likeness (QED) is 0.427. The Balaban J connectivity index is 3.18. The maximum atomic E-state index is 8.66. The maximum absolute atomic E-state index is 8.66. The number of hydrogen-bond donors (Lipinski definition) is 2. The molecule has 1 aromatic rings. The molecular formula is C10H16N2OS. The summed E-state index contributed by atoms with van der Waals surface area (Å²) in [6, 6.07) is 1.95. The van der Waals surface area contributed by atoms with E-state index in [9.17, 15) is 0 Å². The summed E-state index contributed by atoms with van der Waals surface area (Å²) in [4.78, 5) is 2.06. The topological polar surface area (TPSA) is 58.6 Å². The summed E-state index contributed by atoms with van der Waals surface area (Å²) in [7, 11) is 0. The molecule has 3 nitrogen and oxygen atoms in total. The molecule has 0 bridgehead atoms. The Bertz CT molecular complexity index is 361. The molecule has 0 atom stereocenters. The first-order valence-corrected chi connectivity index (χ1v) is 5.26. The van der Waals surface area contributed by atoms with Gasteiger partial charge in [-0.2, -0.15) is 0 Å². The second kappa shape index (κ2) is 3.61. The summed E-state index contributed by atoms with van der Waals surface area (Å²) < 4.78 is 0. The maximum Gasteiger partial charge on any atom is 0.0957 e. The molecule has 14 heavy (non-hydrogen) atoms. The van der Waals surface area contributed by atoms with Crippen LogP contribution in [-0.4, -0.2) is 10.9 Å². The van der Waals surface area contributed by atoms with Gasteiger partial charge < -0.3 is 10.9 Å². The molecule has 0 saturated heterocycles. The zero-order valence-electron chi connectivity index (χ0n) is 8.96. The molecule has 4 heteroatoms. The van der Waals surface area contributed by atoms with Gasteiger partial charge in [0.05, 0.1) is 16.3 Å². The van der Waals surface area contributed by atoms with E-state index in [0.717, 1.165) is 4.88 Å². The smallest absolute Gasteiger partial charge is 0.0957 e. The minimum absolute atomic E-state index is 0.0901. The van der Waals surface area contributed by atoms with Crippen LogP contribution >= 0.6 is 11.3 Å². The van der Waals surface area contributed by atoms with Gasteiger partial charge in [-0.15, -0.1) is 11.3 Å². The SMILES string of the molecule is C/C(=N\O)c1sc(C(C)(C)C)cc1N. The summed E-state index contributed by atoms with van der Waals surface area (Å²) in [5, 5.41) is 11.8. The first-order chi connectivity index (χ1) is 6.36. The molecule has 1 aromatic heterocycles. The minimum Gasteiger partial charge on any atom is -0.411 e. The normalized spacial score (nSPS) is 13.3. The van der Waals surface area contributed by atoms with Crippen molar-refractivity contribution in [3.05, 3.63) is 15.8 Å². The van der Waals surface area contributed by atoms with Crippen LogP contribution in [0, 0.1) is 0 Å². The molecule has 0 aromatic carbocycles. The van der Waals surface area contributed by atoms with Gasteiger partial charge in [0, 0.05) is 4.88 Å². The van der Waals surface area contributed by atoms with Crippen molar-refractivity contribution < 1.29 is 5.21 Å².